The monoisotopic (exact) mass is 529 g/mol. The molecule has 0 aliphatic carbocycles. The lowest BCUT2D eigenvalue weighted by molar-refractivity contribution is -0.433. The van der Waals surface area contributed by atoms with Crippen LogP contribution in [-0.2, 0) is 10.8 Å². The summed E-state index contributed by atoms with van der Waals surface area (Å²) < 4.78 is 3.56. The van der Waals surface area contributed by atoms with E-state index in [0.717, 1.165) is 17.6 Å². The van der Waals surface area contributed by atoms with Crippen LogP contribution in [0.15, 0.2) is 89.1 Å². The zero-order valence-electron chi connectivity index (χ0n) is 22.2. The lowest BCUT2D eigenvalue weighted by Gasteiger charge is -2.25. The molecule has 0 spiro atoms. The van der Waals surface area contributed by atoms with Gasteiger partial charge in [0.05, 0.1) is 5.41 Å². The molecule has 2 aliphatic rings. The second-order valence-electron chi connectivity index (χ2n) is 10.5. The smallest absolute Gasteiger partial charge is 0.209 e. The number of hydrogen-bond acceptors (Lipinski definition) is 1. The van der Waals surface area contributed by atoms with Gasteiger partial charge in [0, 0.05) is 45.5 Å². The standard InChI is InChI=1S/C32H38BrN2/c1-8-34-27-19-17-23(3)21-25(27)31(4,5)29(34)15-13-11-10-12-14-16-30-32(6,7)26-22-24(33)18-20-28(26)35(30)9-2/h10-22H,8-9H2,1-7H3/q+1. The van der Waals surface area contributed by atoms with Gasteiger partial charge in [0.2, 0.25) is 5.69 Å². The van der Waals surface area contributed by atoms with Crippen molar-refractivity contribution in [2.75, 3.05) is 18.0 Å². The number of allylic oxidation sites excluding steroid dienone is 8. The fraction of sp³-hybridized carbons (Fsp3) is 0.344. The van der Waals surface area contributed by atoms with Gasteiger partial charge in [-0.15, -0.1) is 0 Å². The number of nitrogens with zero attached hydrogens (tertiary/aromatic N) is 2. The SMILES string of the molecule is CCN1/C(=C/C=C/C=C/C=C/C2=[N+](CC)c3ccc(Br)cc3C2(C)C)C(C)(C)c2cc(C)ccc21. The van der Waals surface area contributed by atoms with Gasteiger partial charge in [-0.25, -0.2) is 0 Å². The third-order valence-corrected chi connectivity index (χ3v) is 7.98. The van der Waals surface area contributed by atoms with Gasteiger partial charge in [0.15, 0.2) is 5.71 Å². The summed E-state index contributed by atoms with van der Waals surface area (Å²) >= 11 is 3.65. The third-order valence-electron chi connectivity index (χ3n) is 7.49. The molecule has 3 heteroatoms. The maximum Gasteiger partial charge on any atom is 0.209 e. The van der Waals surface area contributed by atoms with Gasteiger partial charge in [-0.3, -0.25) is 0 Å². The third kappa shape index (κ3) is 4.51. The summed E-state index contributed by atoms with van der Waals surface area (Å²) in [7, 11) is 0. The van der Waals surface area contributed by atoms with E-state index in [1.165, 1.54) is 39.5 Å². The number of anilines is 1. The Bertz CT molecular complexity index is 1280. The van der Waals surface area contributed by atoms with Gasteiger partial charge in [0.25, 0.3) is 0 Å². The predicted molar refractivity (Wildman–Crippen MR) is 155 cm³/mol. The van der Waals surface area contributed by atoms with Crippen molar-refractivity contribution in [3.05, 3.63) is 106 Å². The minimum atomic E-state index is -0.0231. The van der Waals surface area contributed by atoms with E-state index in [0.29, 0.717) is 0 Å². The fourth-order valence-electron chi connectivity index (χ4n) is 5.60. The topological polar surface area (TPSA) is 6.25 Å². The molecule has 2 nitrogen and oxygen atoms in total. The van der Waals surface area contributed by atoms with Crippen molar-refractivity contribution >= 4 is 33.0 Å². The molecular weight excluding hydrogens is 492 g/mol. The molecule has 0 saturated carbocycles. The van der Waals surface area contributed by atoms with E-state index in [4.69, 9.17) is 0 Å². The number of hydrogen-bond donors (Lipinski definition) is 0. The van der Waals surface area contributed by atoms with Crippen LogP contribution in [0.2, 0.25) is 0 Å². The minimum absolute atomic E-state index is 0.00360. The Balaban J connectivity index is 1.51. The zero-order chi connectivity index (χ0) is 25.4. The zero-order valence-corrected chi connectivity index (χ0v) is 23.8. The first kappa shape index (κ1) is 25.4. The number of aryl methyl sites for hydroxylation is 1. The molecule has 35 heavy (non-hydrogen) atoms. The van der Waals surface area contributed by atoms with Crippen LogP contribution in [0.1, 0.15) is 58.2 Å². The van der Waals surface area contributed by atoms with Crippen molar-refractivity contribution < 1.29 is 4.58 Å². The van der Waals surface area contributed by atoms with Crippen LogP contribution in [-0.4, -0.2) is 23.4 Å². The molecule has 4 rings (SSSR count). The van der Waals surface area contributed by atoms with Crippen molar-refractivity contribution in [3.63, 3.8) is 0 Å². The molecule has 0 N–H and O–H groups in total. The van der Waals surface area contributed by atoms with Crippen molar-refractivity contribution in [2.24, 2.45) is 0 Å². The Kier molecular flexibility index (Phi) is 7.11. The van der Waals surface area contributed by atoms with E-state index in [2.05, 4.69) is 153 Å². The summed E-state index contributed by atoms with van der Waals surface area (Å²) in [5, 5.41) is 0. The number of halogens is 1. The first-order valence-electron chi connectivity index (χ1n) is 12.7. The second-order valence-corrected chi connectivity index (χ2v) is 11.4. The largest absolute Gasteiger partial charge is 0.344 e. The van der Waals surface area contributed by atoms with Crippen LogP contribution < -0.4 is 4.90 Å². The normalized spacial score (nSPS) is 19.7. The maximum atomic E-state index is 3.65. The number of likely N-dealkylation sites (N-methyl/N-ethyl adjacent to an activating group) is 1. The molecule has 2 aromatic carbocycles. The van der Waals surface area contributed by atoms with Crippen LogP contribution in [0.4, 0.5) is 11.4 Å². The Morgan fingerprint density at radius 3 is 2.29 bits per heavy atom. The summed E-state index contributed by atoms with van der Waals surface area (Å²) in [6.45, 7) is 17.8. The maximum absolute atomic E-state index is 3.65. The molecule has 0 radical (unpaired) electrons. The fourth-order valence-corrected chi connectivity index (χ4v) is 5.97. The first-order valence-corrected chi connectivity index (χ1v) is 13.5. The quantitative estimate of drug-likeness (QED) is 0.268. The highest BCUT2D eigenvalue weighted by atomic mass is 79.9. The average molecular weight is 531 g/mol. The van der Waals surface area contributed by atoms with Crippen LogP contribution in [0.25, 0.3) is 0 Å². The van der Waals surface area contributed by atoms with Crippen LogP contribution in [0.5, 0.6) is 0 Å². The van der Waals surface area contributed by atoms with E-state index in [1.54, 1.807) is 0 Å². The number of benzene rings is 2. The summed E-state index contributed by atoms with van der Waals surface area (Å²) in [4.78, 5) is 2.44. The number of fused-ring (bicyclic) bond motifs is 2. The highest BCUT2D eigenvalue weighted by Crippen LogP contribution is 2.47. The lowest BCUT2D eigenvalue weighted by atomic mass is 9.81. The highest BCUT2D eigenvalue weighted by molar-refractivity contribution is 9.10. The van der Waals surface area contributed by atoms with E-state index < -0.39 is 0 Å². The average Bonchev–Trinajstić information content (AvgIpc) is 3.16. The molecule has 2 aromatic rings. The molecule has 0 amide bonds. The molecule has 0 atom stereocenters. The van der Waals surface area contributed by atoms with E-state index >= 15 is 0 Å². The Hall–Kier alpha value is -2.65. The Morgan fingerprint density at radius 2 is 1.57 bits per heavy atom. The molecule has 182 valence electrons. The van der Waals surface area contributed by atoms with E-state index in [1.807, 2.05) is 0 Å². The number of rotatable bonds is 6. The Morgan fingerprint density at radius 1 is 0.857 bits per heavy atom. The first-order chi connectivity index (χ1) is 16.6. The highest BCUT2D eigenvalue weighted by Gasteiger charge is 2.43. The van der Waals surface area contributed by atoms with Crippen LogP contribution in [0, 0.1) is 6.92 Å². The van der Waals surface area contributed by atoms with Crippen LogP contribution in [0.3, 0.4) is 0 Å². The summed E-state index contributed by atoms with van der Waals surface area (Å²) in [5.41, 5.74) is 9.43. The summed E-state index contributed by atoms with van der Waals surface area (Å²) in [5.74, 6) is 0. The molecule has 0 bridgehead atoms. The molecule has 0 fully saturated rings. The van der Waals surface area contributed by atoms with Crippen molar-refractivity contribution in [2.45, 2.75) is 59.3 Å². The molecule has 2 heterocycles. The van der Waals surface area contributed by atoms with Gasteiger partial charge in [0.1, 0.15) is 6.54 Å². The van der Waals surface area contributed by atoms with Gasteiger partial charge in [-0.2, -0.15) is 4.58 Å². The van der Waals surface area contributed by atoms with Gasteiger partial charge >= 0.3 is 0 Å². The molecule has 0 unspecified atom stereocenters. The van der Waals surface area contributed by atoms with Crippen molar-refractivity contribution in [3.8, 4) is 0 Å². The summed E-state index contributed by atoms with van der Waals surface area (Å²) in [6.07, 6.45) is 15.2. The van der Waals surface area contributed by atoms with Gasteiger partial charge < -0.3 is 4.90 Å². The van der Waals surface area contributed by atoms with E-state index in [9.17, 15) is 0 Å². The van der Waals surface area contributed by atoms with Crippen molar-refractivity contribution in [1.29, 1.82) is 0 Å². The predicted octanol–water partition coefficient (Wildman–Crippen LogP) is 8.52. The minimum Gasteiger partial charge on any atom is -0.344 e. The van der Waals surface area contributed by atoms with Crippen LogP contribution >= 0.6 is 15.9 Å². The molecule has 0 saturated heterocycles. The molecular formula is C32H38BrN2+. The second kappa shape index (κ2) is 9.78. The Labute approximate surface area is 220 Å². The van der Waals surface area contributed by atoms with E-state index in [-0.39, 0.29) is 10.8 Å². The van der Waals surface area contributed by atoms with Crippen molar-refractivity contribution in [1.82, 2.24) is 0 Å². The molecule has 2 aliphatic heterocycles. The lowest BCUT2D eigenvalue weighted by Crippen LogP contribution is -2.27. The van der Waals surface area contributed by atoms with Gasteiger partial charge in [-0.05, 0) is 64.5 Å². The molecule has 0 aromatic heterocycles. The van der Waals surface area contributed by atoms with Gasteiger partial charge in [-0.1, -0.05) is 77.9 Å². The summed E-state index contributed by atoms with van der Waals surface area (Å²) in [6, 6.07) is 13.4.